The summed E-state index contributed by atoms with van der Waals surface area (Å²) in [6, 6.07) is 0. The van der Waals surface area contributed by atoms with Crippen LogP contribution in [-0.2, 0) is 4.74 Å². The number of rotatable bonds is 1. The van der Waals surface area contributed by atoms with Crippen LogP contribution in [0, 0.1) is 11.3 Å². The fourth-order valence-corrected chi connectivity index (χ4v) is 2.80. The maximum Gasteiger partial charge on any atom is 0.0692 e. The maximum absolute atomic E-state index is 9.25. The second kappa shape index (κ2) is 2.22. The fourth-order valence-electron chi connectivity index (χ4n) is 2.80. The Morgan fingerprint density at radius 1 is 1.58 bits per heavy atom. The smallest absolute Gasteiger partial charge is 0.0692 e. The molecule has 1 heterocycles. The average Bonchev–Trinajstić information content (AvgIpc) is 2.49. The van der Waals surface area contributed by atoms with E-state index in [9.17, 15) is 5.11 Å². The van der Waals surface area contributed by atoms with Gasteiger partial charge in [0, 0.05) is 17.9 Å². The summed E-state index contributed by atoms with van der Waals surface area (Å²) in [6.45, 7) is 5.04. The Hall–Kier alpha value is -0.120. The second-order valence-corrected chi connectivity index (χ2v) is 4.61. The molecular weight excluding hydrogens is 154 g/mol. The normalized spacial score (nSPS) is 50.0. The van der Waals surface area contributed by atoms with E-state index in [1.807, 2.05) is 0 Å². The zero-order valence-electron chi connectivity index (χ0n) is 7.71. The van der Waals surface area contributed by atoms with Gasteiger partial charge in [-0.15, -0.1) is 0 Å². The van der Waals surface area contributed by atoms with Gasteiger partial charge in [0.15, 0.2) is 0 Å². The third kappa shape index (κ3) is 0.679. The van der Waals surface area contributed by atoms with E-state index in [1.54, 1.807) is 0 Å². The van der Waals surface area contributed by atoms with Crippen molar-refractivity contribution in [3.05, 3.63) is 0 Å². The van der Waals surface area contributed by atoms with Crippen molar-refractivity contribution in [2.45, 2.75) is 31.9 Å². The van der Waals surface area contributed by atoms with E-state index in [0.29, 0.717) is 5.92 Å². The van der Waals surface area contributed by atoms with Crippen LogP contribution < -0.4 is 5.73 Å². The van der Waals surface area contributed by atoms with Gasteiger partial charge in [0.05, 0.1) is 18.2 Å². The molecule has 3 nitrogen and oxygen atoms in total. The summed E-state index contributed by atoms with van der Waals surface area (Å²) in [5, 5.41) is 9.25. The van der Waals surface area contributed by atoms with Gasteiger partial charge in [-0.2, -0.15) is 0 Å². The van der Waals surface area contributed by atoms with E-state index in [1.165, 1.54) is 0 Å². The van der Waals surface area contributed by atoms with Crippen LogP contribution in [0.3, 0.4) is 0 Å². The SMILES string of the molecule is CC1(C)C2OCCC2C1(N)CO. The molecule has 0 aromatic rings. The predicted octanol–water partition coefficient (Wildman–Crippen LogP) is 0.121. The molecule has 0 radical (unpaired) electrons. The molecule has 1 aliphatic heterocycles. The molecule has 0 bridgehead atoms. The van der Waals surface area contributed by atoms with Crippen LogP contribution in [0.5, 0.6) is 0 Å². The van der Waals surface area contributed by atoms with Crippen LogP contribution in [0.4, 0.5) is 0 Å². The highest BCUT2D eigenvalue weighted by molar-refractivity contribution is 5.20. The molecule has 3 unspecified atom stereocenters. The molecule has 70 valence electrons. The topological polar surface area (TPSA) is 55.5 Å². The lowest BCUT2D eigenvalue weighted by atomic mass is 9.48. The first-order valence-corrected chi connectivity index (χ1v) is 4.55. The number of ether oxygens (including phenoxy) is 1. The second-order valence-electron chi connectivity index (χ2n) is 4.61. The van der Waals surface area contributed by atoms with Crippen molar-refractivity contribution < 1.29 is 9.84 Å². The van der Waals surface area contributed by atoms with Gasteiger partial charge >= 0.3 is 0 Å². The highest BCUT2D eigenvalue weighted by atomic mass is 16.5. The number of hydrogen-bond donors (Lipinski definition) is 2. The summed E-state index contributed by atoms with van der Waals surface area (Å²) >= 11 is 0. The standard InChI is InChI=1S/C9H17NO2/c1-8(2)7-6(3-4-12-7)9(8,10)5-11/h6-7,11H,3-5,10H2,1-2H3. The summed E-state index contributed by atoms with van der Waals surface area (Å²) in [7, 11) is 0. The Kier molecular flexibility index (Phi) is 1.57. The van der Waals surface area contributed by atoms with E-state index in [0.717, 1.165) is 13.0 Å². The molecule has 1 saturated carbocycles. The van der Waals surface area contributed by atoms with Gasteiger partial charge in [-0.1, -0.05) is 13.8 Å². The van der Waals surface area contributed by atoms with Gasteiger partial charge in [-0.25, -0.2) is 0 Å². The summed E-state index contributed by atoms with van der Waals surface area (Å²) in [5.74, 6) is 0.373. The average molecular weight is 171 g/mol. The van der Waals surface area contributed by atoms with Crippen molar-refractivity contribution in [2.24, 2.45) is 17.1 Å². The lowest BCUT2D eigenvalue weighted by Crippen LogP contribution is -2.76. The van der Waals surface area contributed by atoms with E-state index in [4.69, 9.17) is 10.5 Å². The van der Waals surface area contributed by atoms with Gasteiger partial charge in [-0.3, -0.25) is 0 Å². The molecule has 0 aromatic heterocycles. The van der Waals surface area contributed by atoms with E-state index >= 15 is 0 Å². The van der Waals surface area contributed by atoms with Crippen molar-refractivity contribution in [1.82, 2.24) is 0 Å². The van der Waals surface area contributed by atoms with Crippen LogP contribution in [0.15, 0.2) is 0 Å². The quantitative estimate of drug-likeness (QED) is 0.589. The van der Waals surface area contributed by atoms with Crippen molar-refractivity contribution in [2.75, 3.05) is 13.2 Å². The highest BCUT2D eigenvalue weighted by Crippen LogP contribution is 2.57. The molecule has 2 aliphatic rings. The van der Waals surface area contributed by atoms with Gasteiger partial charge < -0.3 is 15.6 Å². The highest BCUT2D eigenvalue weighted by Gasteiger charge is 2.67. The molecule has 3 heteroatoms. The van der Waals surface area contributed by atoms with E-state index in [-0.39, 0.29) is 18.1 Å². The van der Waals surface area contributed by atoms with Crippen LogP contribution >= 0.6 is 0 Å². The van der Waals surface area contributed by atoms with Gasteiger partial charge in [-0.05, 0) is 6.42 Å². The Labute approximate surface area is 72.9 Å². The van der Waals surface area contributed by atoms with Gasteiger partial charge in [0.25, 0.3) is 0 Å². The van der Waals surface area contributed by atoms with Crippen molar-refractivity contribution in [3.8, 4) is 0 Å². The monoisotopic (exact) mass is 171 g/mol. The third-order valence-corrected chi connectivity index (χ3v) is 3.93. The first-order valence-electron chi connectivity index (χ1n) is 4.55. The largest absolute Gasteiger partial charge is 0.394 e. The van der Waals surface area contributed by atoms with E-state index < -0.39 is 5.54 Å². The minimum absolute atomic E-state index is 0.0666. The molecule has 0 spiro atoms. The zero-order chi connectivity index (χ0) is 8.98. The van der Waals surface area contributed by atoms with Crippen molar-refractivity contribution in [3.63, 3.8) is 0 Å². The Bertz CT molecular complexity index is 205. The summed E-state index contributed by atoms with van der Waals surface area (Å²) in [6.07, 6.45) is 1.28. The first kappa shape index (κ1) is 8.48. The summed E-state index contributed by atoms with van der Waals surface area (Å²) in [5.41, 5.74) is 5.66. The third-order valence-electron chi connectivity index (χ3n) is 3.93. The molecule has 1 aliphatic carbocycles. The molecule has 0 amide bonds. The van der Waals surface area contributed by atoms with E-state index in [2.05, 4.69) is 13.8 Å². The minimum atomic E-state index is -0.409. The number of nitrogens with two attached hydrogens (primary N) is 1. The molecule has 12 heavy (non-hydrogen) atoms. The van der Waals surface area contributed by atoms with Gasteiger partial charge in [0.1, 0.15) is 0 Å². The lowest BCUT2D eigenvalue weighted by Gasteiger charge is -2.61. The predicted molar refractivity (Wildman–Crippen MR) is 45.6 cm³/mol. The molecule has 2 rings (SSSR count). The maximum atomic E-state index is 9.25. The molecule has 2 fully saturated rings. The molecular formula is C9H17NO2. The van der Waals surface area contributed by atoms with Crippen LogP contribution in [0.1, 0.15) is 20.3 Å². The van der Waals surface area contributed by atoms with Crippen molar-refractivity contribution in [1.29, 1.82) is 0 Å². The van der Waals surface area contributed by atoms with Crippen LogP contribution in [0.2, 0.25) is 0 Å². The molecule has 1 saturated heterocycles. The molecule has 3 N–H and O–H groups in total. The Balaban J connectivity index is 2.25. The number of aliphatic hydroxyl groups is 1. The Morgan fingerprint density at radius 2 is 2.25 bits per heavy atom. The summed E-state index contributed by atoms with van der Waals surface area (Å²) < 4.78 is 5.57. The molecule has 0 aromatic carbocycles. The zero-order valence-corrected chi connectivity index (χ0v) is 7.71. The number of fused-ring (bicyclic) bond motifs is 1. The minimum Gasteiger partial charge on any atom is -0.394 e. The lowest BCUT2D eigenvalue weighted by molar-refractivity contribution is -0.170. The molecule has 3 atom stereocenters. The Morgan fingerprint density at radius 3 is 2.83 bits per heavy atom. The van der Waals surface area contributed by atoms with Crippen LogP contribution in [-0.4, -0.2) is 30.0 Å². The number of hydrogen-bond acceptors (Lipinski definition) is 3. The number of aliphatic hydroxyl groups excluding tert-OH is 1. The fraction of sp³-hybridized carbons (Fsp3) is 1.00. The first-order chi connectivity index (χ1) is 5.54. The van der Waals surface area contributed by atoms with Gasteiger partial charge in [0.2, 0.25) is 0 Å². The van der Waals surface area contributed by atoms with Crippen molar-refractivity contribution >= 4 is 0 Å². The van der Waals surface area contributed by atoms with Crippen LogP contribution in [0.25, 0.3) is 0 Å². The summed E-state index contributed by atoms with van der Waals surface area (Å²) in [4.78, 5) is 0.